The van der Waals surface area contributed by atoms with Crippen LogP contribution in [-0.2, 0) is 11.3 Å². The number of amides is 1. The van der Waals surface area contributed by atoms with Crippen molar-refractivity contribution in [2.75, 3.05) is 6.54 Å². The SMILES string of the molecule is CCCNC(CCC)c1ccn(CCC(N)=O)c1. The highest BCUT2D eigenvalue weighted by Crippen LogP contribution is 2.19. The largest absolute Gasteiger partial charge is 0.370 e. The molecule has 1 amide bonds. The van der Waals surface area contributed by atoms with E-state index in [9.17, 15) is 4.79 Å². The number of rotatable bonds is 9. The van der Waals surface area contributed by atoms with Crippen molar-refractivity contribution < 1.29 is 4.79 Å². The predicted octanol–water partition coefficient (Wildman–Crippen LogP) is 2.20. The number of hydrogen-bond acceptors (Lipinski definition) is 2. The molecule has 1 rings (SSSR count). The molecule has 0 fully saturated rings. The summed E-state index contributed by atoms with van der Waals surface area (Å²) >= 11 is 0. The summed E-state index contributed by atoms with van der Waals surface area (Å²) in [5.74, 6) is -0.250. The summed E-state index contributed by atoms with van der Waals surface area (Å²) in [5.41, 5.74) is 6.46. The molecule has 18 heavy (non-hydrogen) atoms. The Bertz CT molecular complexity index is 360. The lowest BCUT2D eigenvalue weighted by Crippen LogP contribution is -2.21. The third-order valence-corrected chi connectivity index (χ3v) is 3.01. The molecular weight excluding hydrogens is 226 g/mol. The second kappa shape index (κ2) is 7.93. The van der Waals surface area contributed by atoms with Gasteiger partial charge >= 0.3 is 0 Å². The number of nitrogens with two attached hydrogens (primary N) is 1. The number of carbonyl (C=O) groups excluding carboxylic acids is 1. The van der Waals surface area contributed by atoms with Crippen LogP contribution >= 0.6 is 0 Å². The van der Waals surface area contributed by atoms with Crippen molar-refractivity contribution >= 4 is 5.91 Å². The minimum absolute atomic E-state index is 0.250. The van der Waals surface area contributed by atoms with Crippen LogP contribution < -0.4 is 11.1 Å². The maximum absolute atomic E-state index is 10.8. The van der Waals surface area contributed by atoms with E-state index in [2.05, 4.69) is 31.4 Å². The molecule has 0 saturated heterocycles. The monoisotopic (exact) mass is 251 g/mol. The lowest BCUT2D eigenvalue weighted by atomic mass is 10.1. The zero-order valence-electron chi connectivity index (χ0n) is 11.5. The Morgan fingerprint density at radius 1 is 1.44 bits per heavy atom. The molecule has 4 nitrogen and oxygen atoms in total. The summed E-state index contributed by atoms with van der Waals surface area (Å²) in [6, 6.07) is 2.55. The van der Waals surface area contributed by atoms with Gasteiger partial charge in [-0.15, -0.1) is 0 Å². The number of carbonyl (C=O) groups is 1. The molecule has 0 aliphatic rings. The normalized spacial score (nSPS) is 12.6. The van der Waals surface area contributed by atoms with Gasteiger partial charge in [-0.2, -0.15) is 0 Å². The van der Waals surface area contributed by atoms with Gasteiger partial charge in [-0.25, -0.2) is 0 Å². The van der Waals surface area contributed by atoms with E-state index >= 15 is 0 Å². The molecule has 102 valence electrons. The standard InChI is InChI=1S/C14H25N3O/c1-3-5-13(16-8-4-2)12-6-9-17(11-12)10-7-14(15)18/h6,9,11,13,16H,3-5,7-8,10H2,1-2H3,(H2,15,18). The number of hydrogen-bond donors (Lipinski definition) is 2. The number of nitrogens with zero attached hydrogens (tertiary/aromatic N) is 1. The van der Waals surface area contributed by atoms with Gasteiger partial charge in [-0.3, -0.25) is 4.79 Å². The number of nitrogens with one attached hydrogen (secondary N) is 1. The van der Waals surface area contributed by atoms with Crippen molar-refractivity contribution in [3.63, 3.8) is 0 Å². The number of aromatic nitrogens is 1. The molecule has 0 spiro atoms. The van der Waals surface area contributed by atoms with Crippen LogP contribution in [0.15, 0.2) is 18.5 Å². The minimum Gasteiger partial charge on any atom is -0.370 e. The van der Waals surface area contributed by atoms with Crippen LogP contribution in [0.25, 0.3) is 0 Å². The zero-order chi connectivity index (χ0) is 13.4. The van der Waals surface area contributed by atoms with Crippen LogP contribution in [0.1, 0.15) is 51.1 Å². The molecule has 0 saturated carbocycles. The first-order valence-electron chi connectivity index (χ1n) is 6.84. The Hall–Kier alpha value is -1.29. The number of primary amides is 1. The maximum atomic E-state index is 10.8. The molecule has 0 aliphatic heterocycles. The predicted molar refractivity (Wildman–Crippen MR) is 74.2 cm³/mol. The molecule has 1 aromatic heterocycles. The van der Waals surface area contributed by atoms with Gasteiger partial charge in [0.2, 0.25) is 5.91 Å². The summed E-state index contributed by atoms with van der Waals surface area (Å²) in [6.45, 7) is 6.08. The van der Waals surface area contributed by atoms with Gasteiger partial charge < -0.3 is 15.6 Å². The molecule has 0 aliphatic carbocycles. The third-order valence-electron chi connectivity index (χ3n) is 3.01. The highest BCUT2D eigenvalue weighted by Gasteiger charge is 2.10. The van der Waals surface area contributed by atoms with Crippen molar-refractivity contribution in [2.24, 2.45) is 5.73 Å². The van der Waals surface area contributed by atoms with Crippen molar-refractivity contribution in [1.29, 1.82) is 0 Å². The molecule has 1 aromatic rings. The zero-order valence-corrected chi connectivity index (χ0v) is 11.5. The van der Waals surface area contributed by atoms with Crippen molar-refractivity contribution in [3.8, 4) is 0 Å². The second-order valence-corrected chi connectivity index (χ2v) is 4.69. The molecule has 0 radical (unpaired) electrons. The number of aryl methyl sites for hydroxylation is 1. The van der Waals surface area contributed by atoms with Gasteiger partial charge in [0, 0.05) is 31.4 Å². The summed E-state index contributed by atoms with van der Waals surface area (Å²) in [7, 11) is 0. The van der Waals surface area contributed by atoms with Gasteiger partial charge in [0.1, 0.15) is 0 Å². The quantitative estimate of drug-likeness (QED) is 0.707. The first-order chi connectivity index (χ1) is 8.67. The molecule has 1 atom stereocenters. The third kappa shape index (κ3) is 4.92. The van der Waals surface area contributed by atoms with E-state index in [1.807, 2.05) is 10.8 Å². The Morgan fingerprint density at radius 3 is 2.83 bits per heavy atom. The Labute approximate surface area is 110 Å². The van der Waals surface area contributed by atoms with Gasteiger partial charge in [-0.1, -0.05) is 20.3 Å². The average molecular weight is 251 g/mol. The fourth-order valence-corrected chi connectivity index (χ4v) is 2.04. The van der Waals surface area contributed by atoms with E-state index in [-0.39, 0.29) is 5.91 Å². The Kier molecular flexibility index (Phi) is 6.50. The lowest BCUT2D eigenvalue weighted by Gasteiger charge is -2.16. The van der Waals surface area contributed by atoms with Gasteiger partial charge in [0.05, 0.1) is 0 Å². The fourth-order valence-electron chi connectivity index (χ4n) is 2.04. The molecule has 1 heterocycles. The van der Waals surface area contributed by atoms with Gasteiger partial charge in [-0.05, 0) is 31.0 Å². The highest BCUT2D eigenvalue weighted by molar-refractivity contribution is 5.73. The van der Waals surface area contributed by atoms with Crippen LogP contribution in [0, 0.1) is 0 Å². The average Bonchev–Trinajstić information content (AvgIpc) is 2.80. The van der Waals surface area contributed by atoms with E-state index in [4.69, 9.17) is 5.73 Å². The van der Waals surface area contributed by atoms with Crippen molar-refractivity contribution in [3.05, 3.63) is 24.0 Å². The van der Waals surface area contributed by atoms with E-state index in [0.717, 1.165) is 25.8 Å². The lowest BCUT2D eigenvalue weighted by molar-refractivity contribution is -0.118. The highest BCUT2D eigenvalue weighted by atomic mass is 16.1. The minimum atomic E-state index is -0.250. The van der Waals surface area contributed by atoms with Crippen LogP contribution in [0.3, 0.4) is 0 Å². The fraction of sp³-hybridized carbons (Fsp3) is 0.643. The topological polar surface area (TPSA) is 60.1 Å². The van der Waals surface area contributed by atoms with Gasteiger partial charge in [0.15, 0.2) is 0 Å². The summed E-state index contributed by atoms with van der Waals surface area (Å²) in [6.07, 6.45) is 7.98. The molecule has 3 N–H and O–H groups in total. The van der Waals surface area contributed by atoms with E-state index < -0.39 is 0 Å². The Balaban J connectivity index is 2.58. The second-order valence-electron chi connectivity index (χ2n) is 4.69. The Morgan fingerprint density at radius 2 is 2.22 bits per heavy atom. The molecule has 0 bridgehead atoms. The summed E-state index contributed by atoms with van der Waals surface area (Å²) in [5, 5.41) is 3.56. The summed E-state index contributed by atoms with van der Waals surface area (Å²) < 4.78 is 2.04. The van der Waals surface area contributed by atoms with Crippen molar-refractivity contribution in [2.45, 2.75) is 52.1 Å². The van der Waals surface area contributed by atoms with Crippen molar-refractivity contribution in [1.82, 2.24) is 9.88 Å². The first-order valence-corrected chi connectivity index (χ1v) is 6.84. The van der Waals surface area contributed by atoms with Crippen LogP contribution in [0.4, 0.5) is 0 Å². The van der Waals surface area contributed by atoms with Crippen LogP contribution in [0.2, 0.25) is 0 Å². The molecule has 0 aromatic carbocycles. The van der Waals surface area contributed by atoms with Crippen LogP contribution in [0.5, 0.6) is 0 Å². The first kappa shape index (κ1) is 14.8. The molecule has 4 heteroatoms. The molecular formula is C14H25N3O. The smallest absolute Gasteiger partial charge is 0.219 e. The summed E-state index contributed by atoms with van der Waals surface area (Å²) in [4.78, 5) is 10.8. The maximum Gasteiger partial charge on any atom is 0.219 e. The van der Waals surface area contributed by atoms with Gasteiger partial charge in [0.25, 0.3) is 0 Å². The van der Waals surface area contributed by atoms with E-state index in [1.165, 1.54) is 5.56 Å². The van der Waals surface area contributed by atoms with E-state index in [0.29, 0.717) is 19.0 Å². The molecule has 1 unspecified atom stereocenters. The van der Waals surface area contributed by atoms with Crippen LogP contribution in [-0.4, -0.2) is 17.0 Å². The van der Waals surface area contributed by atoms with E-state index in [1.54, 1.807) is 0 Å².